The van der Waals surface area contributed by atoms with Gasteiger partial charge in [0.05, 0.1) is 0 Å². The van der Waals surface area contributed by atoms with Crippen molar-refractivity contribution in [3.63, 3.8) is 0 Å². The molecule has 1 fully saturated rings. The molecule has 0 spiro atoms. The van der Waals surface area contributed by atoms with Gasteiger partial charge in [0.15, 0.2) is 0 Å². The number of hydrogen-bond donors (Lipinski definition) is 1. The Morgan fingerprint density at radius 3 is 2.84 bits per heavy atom. The number of nitrogens with zero attached hydrogens (tertiary/aromatic N) is 1. The lowest BCUT2D eigenvalue weighted by Gasteiger charge is -2.19. The van der Waals surface area contributed by atoms with Crippen LogP contribution in [0.1, 0.15) is 17.5 Å². The van der Waals surface area contributed by atoms with Gasteiger partial charge in [-0.05, 0) is 37.1 Å². The summed E-state index contributed by atoms with van der Waals surface area (Å²) in [6, 6.07) is 12.0. The van der Waals surface area contributed by atoms with Crippen molar-refractivity contribution in [2.45, 2.75) is 19.9 Å². The van der Waals surface area contributed by atoms with Crippen molar-refractivity contribution in [2.24, 2.45) is 5.92 Å². The van der Waals surface area contributed by atoms with Crippen LogP contribution >= 0.6 is 15.9 Å². The van der Waals surface area contributed by atoms with Crippen molar-refractivity contribution in [1.82, 2.24) is 5.32 Å². The first-order valence-corrected chi connectivity index (χ1v) is 8.85. The highest BCUT2D eigenvalue weighted by molar-refractivity contribution is 9.10. The molecule has 1 saturated heterocycles. The standard InChI is InChI=1S/C19H18BrFN2O2/c1-12-6-7-14(20)10-17(12)23-9-8-15(19(23)25)18(24)22-11-13-4-2-3-5-16(13)21/h2-7,10,15H,8-9,11H2,1H3,(H,22,24)/t15-/m0/s1. The molecule has 6 heteroatoms. The highest BCUT2D eigenvalue weighted by Crippen LogP contribution is 2.30. The first-order valence-electron chi connectivity index (χ1n) is 8.06. The zero-order chi connectivity index (χ0) is 18.0. The third kappa shape index (κ3) is 3.74. The van der Waals surface area contributed by atoms with Gasteiger partial charge in [-0.2, -0.15) is 0 Å². The third-order valence-corrected chi connectivity index (χ3v) is 4.89. The van der Waals surface area contributed by atoms with Crippen LogP contribution in [0.5, 0.6) is 0 Å². The molecule has 1 heterocycles. The molecule has 1 aliphatic rings. The van der Waals surface area contributed by atoms with E-state index in [1.165, 1.54) is 6.07 Å². The second-order valence-electron chi connectivity index (χ2n) is 6.07. The van der Waals surface area contributed by atoms with Gasteiger partial charge in [0.25, 0.3) is 0 Å². The summed E-state index contributed by atoms with van der Waals surface area (Å²) in [6.45, 7) is 2.50. The summed E-state index contributed by atoms with van der Waals surface area (Å²) < 4.78 is 14.5. The number of nitrogens with one attached hydrogen (secondary N) is 1. The second-order valence-corrected chi connectivity index (χ2v) is 6.99. The molecule has 1 atom stereocenters. The Hall–Kier alpha value is -2.21. The summed E-state index contributed by atoms with van der Waals surface area (Å²) in [7, 11) is 0. The average molecular weight is 405 g/mol. The van der Waals surface area contributed by atoms with Crippen LogP contribution in [-0.4, -0.2) is 18.4 Å². The molecule has 1 aliphatic heterocycles. The highest BCUT2D eigenvalue weighted by atomic mass is 79.9. The lowest BCUT2D eigenvalue weighted by Crippen LogP contribution is -2.36. The van der Waals surface area contributed by atoms with Gasteiger partial charge in [0, 0.05) is 28.8 Å². The topological polar surface area (TPSA) is 49.4 Å². The van der Waals surface area contributed by atoms with Gasteiger partial charge in [-0.25, -0.2) is 4.39 Å². The predicted molar refractivity (Wildman–Crippen MR) is 97.6 cm³/mol. The summed E-state index contributed by atoms with van der Waals surface area (Å²) in [4.78, 5) is 26.7. The molecule has 4 nitrogen and oxygen atoms in total. The van der Waals surface area contributed by atoms with Gasteiger partial charge in [0.1, 0.15) is 11.7 Å². The Balaban J connectivity index is 1.68. The summed E-state index contributed by atoms with van der Waals surface area (Å²) in [5.41, 5.74) is 2.19. The van der Waals surface area contributed by atoms with Crippen molar-refractivity contribution in [1.29, 1.82) is 0 Å². The number of amides is 2. The molecule has 0 saturated carbocycles. The molecular weight excluding hydrogens is 387 g/mol. The molecule has 25 heavy (non-hydrogen) atoms. The molecule has 2 amide bonds. The number of halogens is 2. The number of aryl methyl sites for hydroxylation is 1. The lowest BCUT2D eigenvalue weighted by molar-refractivity contribution is -0.132. The fraction of sp³-hybridized carbons (Fsp3) is 0.263. The maximum absolute atomic E-state index is 13.6. The average Bonchev–Trinajstić information content (AvgIpc) is 2.97. The van der Waals surface area contributed by atoms with Crippen LogP contribution in [0.4, 0.5) is 10.1 Å². The Kier molecular flexibility index (Phi) is 5.18. The number of benzene rings is 2. The Bertz CT molecular complexity index is 825. The minimum Gasteiger partial charge on any atom is -0.351 e. The lowest BCUT2D eigenvalue weighted by atomic mass is 10.1. The Labute approximate surface area is 154 Å². The predicted octanol–water partition coefficient (Wildman–Crippen LogP) is 3.57. The summed E-state index contributed by atoms with van der Waals surface area (Å²) in [5, 5.41) is 2.67. The van der Waals surface area contributed by atoms with Crippen LogP contribution in [0.3, 0.4) is 0 Å². The quantitative estimate of drug-likeness (QED) is 0.791. The van der Waals surface area contributed by atoms with E-state index in [2.05, 4.69) is 21.2 Å². The number of rotatable bonds is 4. The SMILES string of the molecule is Cc1ccc(Br)cc1N1CC[C@@H](C(=O)NCc2ccccc2F)C1=O. The molecule has 130 valence electrons. The Morgan fingerprint density at radius 2 is 2.08 bits per heavy atom. The van der Waals surface area contributed by atoms with E-state index in [9.17, 15) is 14.0 Å². The summed E-state index contributed by atoms with van der Waals surface area (Å²) >= 11 is 3.41. The van der Waals surface area contributed by atoms with Gasteiger partial charge >= 0.3 is 0 Å². The van der Waals surface area contributed by atoms with E-state index in [4.69, 9.17) is 0 Å². The highest BCUT2D eigenvalue weighted by Gasteiger charge is 2.38. The van der Waals surface area contributed by atoms with Crippen molar-refractivity contribution >= 4 is 33.4 Å². The maximum atomic E-state index is 13.6. The Morgan fingerprint density at radius 1 is 1.32 bits per heavy atom. The van der Waals surface area contributed by atoms with Gasteiger partial charge in [-0.1, -0.05) is 40.2 Å². The fourth-order valence-corrected chi connectivity index (χ4v) is 3.33. The number of hydrogen-bond acceptors (Lipinski definition) is 2. The molecule has 0 aliphatic carbocycles. The normalized spacial score (nSPS) is 17.0. The molecule has 0 unspecified atom stereocenters. The van der Waals surface area contributed by atoms with E-state index in [-0.39, 0.29) is 24.2 Å². The number of carbonyl (C=O) groups is 2. The molecule has 3 rings (SSSR count). The van der Waals surface area contributed by atoms with E-state index < -0.39 is 5.92 Å². The van der Waals surface area contributed by atoms with Crippen molar-refractivity contribution in [3.05, 3.63) is 63.9 Å². The van der Waals surface area contributed by atoms with Gasteiger partial charge in [0.2, 0.25) is 11.8 Å². The zero-order valence-electron chi connectivity index (χ0n) is 13.8. The van der Waals surface area contributed by atoms with Gasteiger partial charge in [-0.15, -0.1) is 0 Å². The van der Waals surface area contributed by atoms with E-state index >= 15 is 0 Å². The van der Waals surface area contributed by atoms with E-state index in [0.717, 1.165) is 15.7 Å². The van der Waals surface area contributed by atoms with Crippen molar-refractivity contribution < 1.29 is 14.0 Å². The first kappa shape index (κ1) is 17.6. The number of carbonyl (C=O) groups excluding carboxylic acids is 2. The molecular formula is C19H18BrFN2O2. The van der Waals surface area contributed by atoms with Crippen LogP contribution in [0.25, 0.3) is 0 Å². The molecule has 2 aromatic rings. The van der Waals surface area contributed by atoms with Crippen molar-refractivity contribution in [3.8, 4) is 0 Å². The molecule has 0 radical (unpaired) electrons. The van der Waals surface area contributed by atoms with Gasteiger partial charge in [-0.3, -0.25) is 9.59 Å². The minimum absolute atomic E-state index is 0.0746. The van der Waals surface area contributed by atoms with Crippen LogP contribution in [0.2, 0.25) is 0 Å². The molecule has 2 aromatic carbocycles. The summed E-state index contributed by atoms with van der Waals surface area (Å²) in [5.74, 6) is -1.67. The van der Waals surface area contributed by atoms with Crippen LogP contribution in [0, 0.1) is 18.7 Å². The summed E-state index contributed by atoms with van der Waals surface area (Å²) in [6.07, 6.45) is 0.452. The second kappa shape index (κ2) is 7.35. The van der Waals surface area contributed by atoms with E-state index in [1.807, 2.05) is 25.1 Å². The van der Waals surface area contributed by atoms with E-state index in [1.54, 1.807) is 23.1 Å². The van der Waals surface area contributed by atoms with E-state index in [0.29, 0.717) is 18.5 Å². The monoisotopic (exact) mass is 404 g/mol. The van der Waals surface area contributed by atoms with Crippen LogP contribution < -0.4 is 10.2 Å². The fourth-order valence-electron chi connectivity index (χ4n) is 2.98. The molecule has 1 N–H and O–H groups in total. The molecule has 0 bridgehead atoms. The zero-order valence-corrected chi connectivity index (χ0v) is 15.3. The first-order chi connectivity index (χ1) is 12.0. The smallest absolute Gasteiger partial charge is 0.239 e. The largest absolute Gasteiger partial charge is 0.351 e. The van der Waals surface area contributed by atoms with Gasteiger partial charge < -0.3 is 10.2 Å². The maximum Gasteiger partial charge on any atom is 0.239 e. The minimum atomic E-state index is -0.731. The third-order valence-electron chi connectivity index (χ3n) is 4.39. The number of anilines is 1. The van der Waals surface area contributed by atoms with Crippen LogP contribution in [0.15, 0.2) is 46.9 Å². The van der Waals surface area contributed by atoms with Crippen LogP contribution in [-0.2, 0) is 16.1 Å². The van der Waals surface area contributed by atoms with Crippen molar-refractivity contribution in [2.75, 3.05) is 11.4 Å². The molecule has 0 aromatic heterocycles.